The molecule has 0 radical (unpaired) electrons. The third-order valence-corrected chi connectivity index (χ3v) is 4.47. The number of fused-ring (bicyclic) bond motifs is 1. The molecule has 0 saturated heterocycles. The van der Waals surface area contributed by atoms with Gasteiger partial charge < -0.3 is 14.2 Å². The van der Waals surface area contributed by atoms with E-state index in [4.69, 9.17) is 4.74 Å². The molecule has 0 unspecified atom stereocenters. The van der Waals surface area contributed by atoms with Crippen LogP contribution in [0.2, 0.25) is 0 Å². The molecule has 2 aromatic rings. The highest BCUT2D eigenvalue weighted by molar-refractivity contribution is 5.88. The third kappa shape index (κ3) is 1.93. The summed E-state index contributed by atoms with van der Waals surface area (Å²) in [5, 5.41) is 1.23. The largest absolute Gasteiger partial charge is 0.496 e. The number of benzene rings is 1. The van der Waals surface area contributed by atoms with Crippen molar-refractivity contribution in [3.8, 4) is 5.75 Å². The Hall–Kier alpha value is -1.48. The zero-order valence-corrected chi connectivity index (χ0v) is 12.2. The van der Waals surface area contributed by atoms with Crippen LogP contribution in [0.25, 0.3) is 10.9 Å². The molecule has 1 aromatic carbocycles. The van der Waals surface area contributed by atoms with Crippen molar-refractivity contribution in [1.29, 1.82) is 0 Å². The molecule has 0 N–H and O–H groups in total. The van der Waals surface area contributed by atoms with Crippen LogP contribution < -0.4 is 4.74 Å². The van der Waals surface area contributed by atoms with Gasteiger partial charge in [0.15, 0.2) is 0 Å². The summed E-state index contributed by atoms with van der Waals surface area (Å²) in [6.07, 6.45) is 4.70. The maximum Gasteiger partial charge on any atom is 0.131 e. The van der Waals surface area contributed by atoms with E-state index in [1.54, 1.807) is 7.11 Å². The predicted octanol–water partition coefficient (Wildman–Crippen LogP) is 3.22. The second-order valence-electron chi connectivity index (χ2n) is 5.81. The fraction of sp³-hybridized carbons (Fsp3) is 0.500. The Kier molecular flexibility index (Phi) is 3.02. The van der Waals surface area contributed by atoms with E-state index in [2.05, 4.69) is 54.9 Å². The Morgan fingerprint density at radius 1 is 1.21 bits per heavy atom. The molecule has 0 spiro atoms. The average Bonchev–Trinajstić information content (AvgIpc) is 2.70. The van der Waals surface area contributed by atoms with E-state index in [1.165, 1.54) is 29.3 Å². The summed E-state index contributed by atoms with van der Waals surface area (Å²) in [5.41, 5.74) is 2.50. The topological polar surface area (TPSA) is 17.4 Å². The Balaban J connectivity index is 1.95. The normalized spacial score (nSPS) is 22.8. The summed E-state index contributed by atoms with van der Waals surface area (Å²) in [6.45, 7) is 2.10. The Labute approximate surface area is 114 Å². The number of methoxy groups -OCH3 is 1. The van der Waals surface area contributed by atoms with E-state index < -0.39 is 0 Å². The van der Waals surface area contributed by atoms with Crippen LogP contribution in [0.15, 0.2) is 24.4 Å². The van der Waals surface area contributed by atoms with Gasteiger partial charge in [-0.2, -0.15) is 0 Å². The van der Waals surface area contributed by atoms with E-state index >= 15 is 0 Å². The lowest BCUT2D eigenvalue weighted by atomic mass is 9.85. The lowest BCUT2D eigenvalue weighted by Gasteiger charge is -2.40. The minimum Gasteiger partial charge on any atom is -0.496 e. The van der Waals surface area contributed by atoms with Crippen molar-refractivity contribution in [1.82, 2.24) is 9.47 Å². The summed E-state index contributed by atoms with van der Waals surface area (Å²) in [5.74, 6) is 1.01. The number of aryl methyl sites for hydroxylation is 1. The van der Waals surface area contributed by atoms with Crippen molar-refractivity contribution < 1.29 is 4.74 Å². The number of aromatic nitrogens is 1. The molecule has 3 heteroatoms. The highest BCUT2D eigenvalue weighted by Gasteiger charge is 2.32. The molecule has 1 aromatic heterocycles. The molecular formula is C16H22N2O. The minimum absolute atomic E-state index is 0.636. The van der Waals surface area contributed by atoms with E-state index in [9.17, 15) is 0 Å². The first-order valence-corrected chi connectivity index (χ1v) is 6.92. The molecule has 1 heterocycles. The van der Waals surface area contributed by atoms with Gasteiger partial charge in [-0.25, -0.2) is 0 Å². The van der Waals surface area contributed by atoms with Gasteiger partial charge in [0.1, 0.15) is 5.75 Å². The first kappa shape index (κ1) is 12.5. The molecule has 3 nitrogen and oxygen atoms in total. The molecule has 0 bridgehead atoms. The zero-order valence-electron chi connectivity index (χ0n) is 12.2. The van der Waals surface area contributed by atoms with E-state index in [-0.39, 0.29) is 0 Å². The Morgan fingerprint density at radius 3 is 2.58 bits per heavy atom. The highest BCUT2D eigenvalue weighted by Crippen LogP contribution is 2.39. The van der Waals surface area contributed by atoms with E-state index in [0.29, 0.717) is 6.04 Å². The molecule has 1 fully saturated rings. The number of nitrogens with zero attached hydrogens (tertiary/aromatic N) is 2. The van der Waals surface area contributed by atoms with Crippen molar-refractivity contribution in [2.45, 2.75) is 31.8 Å². The van der Waals surface area contributed by atoms with Crippen LogP contribution in [0, 0.1) is 6.92 Å². The van der Waals surface area contributed by atoms with E-state index in [0.717, 1.165) is 11.8 Å². The highest BCUT2D eigenvalue weighted by atomic mass is 16.5. The summed E-state index contributed by atoms with van der Waals surface area (Å²) >= 11 is 0. The van der Waals surface area contributed by atoms with Crippen LogP contribution in [-0.2, 0) is 0 Å². The molecule has 1 aliphatic rings. The van der Waals surface area contributed by atoms with Crippen LogP contribution in [-0.4, -0.2) is 36.7 Å². The van der Waals surface area contributed by atoms with Gasteiger partial charge in [0, 0.05) is 23.7 Å². The molecule has 0 amide bonds. The fourth-order valence-electron chi connectivity index (χ4n) is 3.12. The molecule has 19 heavy (non-hydrogen) atoms. The fourth-order valence-corrected chi connectivity index (χ4v) is 3.12. The molecule has 102 valence electrons. The van der Waals surface area contributed by atoms with Crippen molar-refractivity contribution in [2.75, 3.05) is 21.2 Å². The van der Waals surface area contributed by atoms with Crippen molar-refractivity contribution in [2.24, 2.45) is 0 Å². The van der Waals surface area contributed by atoms with Gasteiger partial charge >= 0.3 is 0 Å². The Morgan fingerprint density at radius 2 is 1.95 bits per heavy atom. The smallest absolute Gasteiger partial charge is 0.131 e. The third-order valence-electron chi connectivity index (χ3n) is 4.47. The summed E-state index contributed by atoms with van der Waals surface area (Å²) in [7, 11) is 6.09. The van der Waals surface area contributed by atoms with Crippen LogP contribution in [0.5, 0.6) is 5.75 Å². The van der Waals surface area contributed by atoms with Crippen molar-refractivity contribution >= 4 is 10.9 Å². The monoisotopic (exact) mass is 258 g/mol. The maximum atomic E-state index is 5.54. The van der Waals surface area contributed by atoms with Crippen LogP contribution in [0.4, 0.5) is 0 Å². The number of rotatable bonds is 3. The summed E-state index contributed by atoms with van der Waals surface area (Å²) < 4.78 is 7.95. The van der Waals surface area contributed by atoms with Gasteiger partial charge in [-0.3, -0.25) is 0 Å². The zero-order chi connectivity index (χ0) is 13.6. The van der Waals surface area contributed by atoms with Crippen LogP contribution in [0.1, 0.15) is 24.4 Å². The lowest BCUT2D eigenvalue weighted by Crippen LogP contribution is -2.41. The molecular weight excluding hydrogens is 236 g/mol. The molecule has 1 aliphatic carbocycles. The Bertz CT molecular complexity index is 594. The van der Waals surface area contributed by atoms with Gasteiger partial charge in [-0.05, 0) is 51.6 Å². The quantitative estimate of drug-likeness (QED) is 0.841. The van der Waals surface area contributed by atoms with Gasteiger partial charge in [-0.15, -0.1) is 0 Å². The molecule has 3 rings (SSSR count). The van der Waals surface area contributed by atoms with Crippen molar-refractivity contribution in [3.63, 3.8) is 0 Å². The average molecular weight is 258 g/mol. The SMILES string of the molecule is COc1c(C)ccc2c1ccn2C1CC(N(C)C)C1. The maximum absolute atomic E-state index is 5.54. The summed E-state index contributed by atoms with van der Waals surface area (Å²) in [6, 6.07) is 7.92. The summed E-state index contributed by atoms with van der Waals surface area (Å²) in [4.78, 5) is 2.33. The van der Waals surface area contributed by atoms with Gasteiger partial charge in [0.25, 0.3) is 0 Å². The minimum atomic E-state index is 0.636. The molecule has 1 saturated carbocycles. The first-order chi connectivity index (χ1) is 9.11. The standard InChI is InChI=1S/C16H22N2O/c1-11-5-6-15-14(16(11)19-4)7-8-18(15)13-9-12(10-13)17(2)3/h5-8,12-13H,9-10H2,1-4H3. The van der Waals surface area contributed by atoms with Gasteiger partial charge in [0.05, 0.1) is 12.6 Å². The first-order valence-electron chi connectivity index (χ1n) is 6.92. The second kappa shape index (κ2) is 4.57. The number of hydrogen-bond acceptors (Lipinski definition) is 2. The number of hydrogen-bond donors (Lipinski definition) is 0. The molecule has 0 atom stereocenters. The van der Waals surface area contributed by atoms with E-state index in [1.807, 2.05) is 0 Å². The van der Waals surface area contributed by atoms with Crippen LogP contribution >= 0.6 is 0 Å². The second-order valence-corrected chi connectivity index (χ2v) is 5.81. The van der Waals surface area contributed by atoms with Crippen LogP contribution in [0.3, 0.4) is 0 Å². The van der Waals surface area contributed by atoms with Gasteiger partial charge in [-0.1, -0.05) is 6.07 Å². The predicted molar refractivity (Wildman–Crippen MR) is 79.0 cm³/mol. The lowest BCUT2D eigenvalue weighted by molar-refractivity contribution is 0.132. The number of ether oxygens (including phenoxy) is 1. The van der Waals surface area contributed by atoms with Gasteiger partial charge in [0.2, 0.25) is 0 Å². The van der Waals surface area contributed by atoms with Crippen molar-refractivity contribution in [3.05, 3.63) is 30.0 Å². The molecule has 0 aliphatic heterocycles.